The Morgan fingerprint density at radius 3 is 2.69 bits per heavy atom. The minimum Gasteiger partial charge on any atom is -0.468 e. The number of methoxy groups -OCH3 is 1. The van der Waals surface area contributed by atoms with Crippen LogP contribution in [0.5, 0.6) is 0 Å². The maximum atomic E-state index is 11.9. The van der Waals surface area contributed by atoms with Crippen molar-refractivity contribution < 1.29 is 19.1 Å². The van der Waals surface area contributed by atoms with E-state index in [-0.39, 0.29) is 11.8 Å². The molecule has 2 aliphatic rings. The van der Waals surface area contributed by atoms with E-state index in [2.05, 4.69) is 10.1 Å². The van der Waals surface area contributed by atoms with Crippen LogP contribution < -0.4 is 5.32 Å². The van der Waals surface area contributed by atoms with Crippen LogP contribution in [-0.4, -0.2) is 48.9 Å². The lowest BCUT2D eigenvalue weighted by Crippen LogP contribution is -2.53. The number of hydrogen-bond acceptors (Lipinski definition) is 5. The lowest BCUT2D eigenvalue weighted by molar-refractivity contribution is -0.152. The van der Waals surface area contributed by atoms with E-state index in [9.17, 15) is 14.4 Å². The topological polar surface area (TPSA) is 75.7 Å². The number of carbonyl (C=O) groups is 3. The molecule has 0 bridgehead atoms. The number of hydrogen-bond donors (Lipinski definition) is 1. The molecule has 2 heterocycles. The van der Waals surface area contributed by atoms with E-state index >= 15 is 0 Å². The summed E-state index contributed by atoms with van der Waals surface area (Å²) in [5.41, 5.74) is -1.09. The first-order valence-corrected chi connectivity index (χ1v) is 5.08. The molecule has 3 atom stereocenters. The van der Waals surface area contributed by atoms with Crippen LogP contribution in [0.3, 0.4) is 0 Å². The van der Waals surface area contributed by atoms with E-state index in [0.717, 1.165) is 4.90 Å². The molecule has 2 aliphatic heterocycles. The van der Waals surface area contributed by atoms with Gasteiger partial charge < -0.3 is 10.1 Å². The van der Waals surface area contributed by atoms with Gasteiger partial charge in [0, 0.05) is 13.6 Å². The molecule has 0 aromatic heterocycles. The van der Waals surface area contributed by atoms with Gasteiger partial charge in [0.15, 0.2) is 0 Å². The molecule has 0 aromatic carbocycles. The maximum Gasteiger partial charge on any atom is 0.326 e. The van der Waals surface area contributed by atoms with Gasteiger partial charge in [-0.1, -0.05) is 0 Å². The van der Waals surface area contributed by atoms with Crippen molar-refractivity contribution in [2.45, 2.75) is 12.5 Å². The van der Waals surface area contributed by atoms with Gasteiger partial charge in [-0.25, -0.2) is 0 Å². The summed E-state index contributed by atoms with van der Waals surface area (Å²) in [6.07, 6.45) is 0. The Labute approximate surface area is 92.9 Å². The van der Waals surface area contributed by atoms with Gasteiger partial charge in [0.1, 0.15) is 5.54 Å². The van der Waals surface area contributed by atoms with Crippen LogP contribution in [0.2, 0.25) is 0 Å². The van der Waals surface area contributed by atoms with Gasteiger partial charge in [0.25, 0.3) is 0 Å². The van der Waals surface area contributed by atoms with E-state index in [1.54, 1.807) is 6.92 Å². The highest BCUT2D eigenvalue weighted by atomic mass is 16.5. The van der Waals surface area contributed by atoms with Gasteiger partial charge in [-0.05, 0) is 6.92 Å². The number of carbonyl (C=O) groups excluding carboxylic acids is 3. The minimum atomic E-state index is -1.09. The van der Waals surface area contributed by atoms with Crippen molar-refractivity contribution in [3.05, 3.63) is 0 Å². The Balaban J connectivity index is 2.38. The van der Waals surface area contributed by atoms with Crippen molar-refractivity contribution in [1.29, 1.82) is 0 Å². The number of amides is 2. The molecule has 1 N–H and O–H groups in total. The van der Waals surface area contributed by atoms with Crippen LogP contribution in [0.4, 0.5) is 0 Å². The molecule has 0 saturated carbocycles. The van der Waals surface area contributed by atoms with E-state index in [4.69, 9.17) is 0 Å². The van der Waals surface area contributed by atoms with Gasteiger partial charge in [-0.2, -0.15) is 0 Å². The molecule has 2 fully saturated rings. The molecule has 6 nitrogen and oxygen atoms in total. The first-order valence-electron chi connectivity index (χ1n) is 5.08. The summed E-state index contributed by atoms with van der Waals surface area (Å²) in [6, 6.07) is 0. The predicted octanol–water partition coefficient (Wildman–Crippen LogP) is -1.25. The highest BCUT2D eigenvalue weighted by Crippen LogP contribution is 2.39. The molecule has 0 spiro atoms. The molecule has 0 aromatic rings. The largest absolute Gasteiger partial charge is 0.468 e. The molecule has 2 amide bonds. The third-order valence-electron chi connectivity index (χ3n) is 3.57. The number of nitrogens with zero attached hydrogens (tertiary/aromatic N) is 1. The molecule has 2 saturated heterocycles. The summed E-state index contributed by atoms with van der Waals surface area (Å²) in [7, 11) is 2.72. The fourth-order valence-electron chi connectivity index (χ4n) is 2.58. The quantitative estimate of drug-likeness (QED) is 0.447. The second kappa shape index (κ2) is 3.28. The Morgan fingerprint density at radius 2 is 2.12 bits per heavy atom. The highest BCUT2D eigenvalue weighted by molar-refractivity contribution is 6.08. The number of imide groups is 1. The zero-order valence-corrected chi connectivity index (χ0v) is 9.44. The van der Waals surface area contributed by atoms with Gasteiger partial charge in [-0.15, -0.1) is 0 Å². The monoisotopic (exact) mass is 226 g/mol. The van der Waals surface area contributed by atoms with E-state index in [1.165, 1.54) is 14.2 Å². The SMILES string of the molecule is COC(=O)[C@@]1(C)NC[C@H]2C(=O)N(C)C(=O)[C@H]21. The first kappa shape index (κ1) is 11.1. The standard InChI is InChI=1S/C10H14N2O4/c1-10(9(15)16-3)6-5(4-11-10)7(13)12(2)8(6)14/h5-6,11H,4H2,1-3H3/t5-,6+,10+/m1/s1. The fraction of sp³-hybridized carbons (Fsp3) is 0.700. The maximum absolute atomic E-state index is 11.9. The van der Waals surface area contributed by atoms with Gasteiger partial charge in [0.05, 0.1) is 18.9 Å². The van der Waals surface area contributed by atoms with Crippen LogP contribution in [-0.2, 0) is 19.1 Å². The van der Waals surface area contributed by atoms with Crippen molar-refractivity contribution in [2.75, 3.05) is 20.7 Å². The smallest absolute Gasteiger partial charge is 0.326 e. The van der Waals surface area contributed by atoms with Crippen LogP contribution >= 0.6 is 0 Å². The van der Waals surface area contributed by atoms with Crippen molar-refractivity contribution in [3.63, 3.8) is 0 Å². The van der Waals surface area contributed by atoms with Crippen LogP contribution in [0.1, 0.15) is 6.92 Å². The Morgan fingerprint density at radius 1 is 1.50 bits per heavy atom. The van der Waals surface area contributed by atoms with E-state index in [1.807, 2.05) is 0 Å². The number of fused-ring (bicyclic) bond motifs is 1. The van der Waals surface area contributed by atoms with Crippen LogP contribution in [0.25, 0.3) is 0 Å². The molecular formula is C10H14N2O4. The van der Waals surface area contributed by atoms with Crippen LogP contribution in [0, 0.1) is 11.8 Å². The van der Waals surface area contributed by atoms with Crippen molar-refractivity contribution >= 4 is 17.8 Å². The van der Waals surface area contributed by atoms with E-state index < -0.39 is 23.3 Å². The summed E-state index contributed by atoms with van der Waals surface area (Å²) in [6.45, 7) is 1.94. The second-order valence-corrected chi connectivity index (χ2v) is 4.39. The molecule has 0 unspecified atom stereocenters. The highest BCUT2D eigenvalue weighted by Gasteiger charge is 2.62. The zero-order valence-electron chi connectivity index (χ0n) is 9.44. The van der Waals surface area contributed by atoms with Gasteiger partial charge >= 0.3 is 5.97 Å². The summed E-state index contributed by atoms with van der Waals surface area (Å²) >= 11 is 0. The summed E-state index contributed by atoms with van der Waals surface area (Å²) in [4.78, 5) is 36.4. The lowest BCUT2D eigenvalue weighted by Gasteiger charge is -2.26. The normalized spacial score (nSPS) is 37.8. The summed E-state index contributed by atoms with van der Waals surface area (Å²) in [5.74, 6) is -2.13. The Hall–Kier alpha value is -1.43. The Bertz CT molecular complexity index is 381. The number of esters is 1. The van der Waals surface area contributed by atoms with Crippen molar-refractivity contribution in [2.24, 2.45) is 11.8 Å². The third-order valence-corrected chi connectivity index (χ3v) is 3.57. The summed E-state index contributed by atoms with van der Waals surface area (Å²) < 4.78 is 4.68. The lowest BCUT2D eigenvalue weighted by atomic mass is 9.83. The zero-order chi connectivity index (χ0) is 12.1. The first-order chi connectivity index (χ1) is 7.43. The molecule has 0 aliphatic carbocycles. The summed E-state index contributed by atoms with van der Waals surface area (Å²) in [5, 5.41) is 2.92. The molecule has 0 radical (unpaired) electrons. The number of rotatable bonds is 1. The van der Waals surface area contributed by atoms with Gasteiger partial charge in [-0.3, -0.25) is 19.3 Å². The molecule has 88 valence electrons. The number of likely N-dealkylation sites (tertiary alicyclic amines) is 1. The third kappa shape index (κ3) is 1.13. The fourth-order valence-corrected chi connectivity index (χ4v) is 2.58. The molecular weight excluding hydrogens is 212 g/mol. The minimum absolute atomic E-state index is 0.227. The number of nitrogens with one attached hydrogen (secondary N) is 1. The Kier molecular flexibility index (Phi) is 2.27. The van der Waals surface area contributed by atoms with Crippen LogP contribution in [0.15, 0.2) is 0 Å². The van der Waals surface area contributed by atoms with E-state index in [0.29, 0.717) is 6.54 Å². The molecule has 6 heteroatoms. The van der Waals surface area contributed by atoms with Crippen molar-refractivity contribution in [3.8, 4) is 0 Å². The van der Waals surface area contributed by atoms with Gasteiger partial charge in [0.2, 0.25) is 11.8 Å². The predicted molar refractivity (Wildman–Crippen MR) is 53.2 cm³/mol. The van der Waals surface area contributed by atoms with Crippen molar-refractivity contribution in [1.82, 2.24) is 10.2 Å². The molecule has 2 rings (SSSR count). The second-order valence-electron chi connectivity index (χ2n) is 4.39. The molecule has 16 heavy (non-hydrogen) atoms. The average molecular weight is 226 g/mol. The average Bonchev–Trinajstić information content (AvgIpc) is 2.73. The number of ether oxygens (including phenoxy) is 1.